The summed E-state index contributed by atoms with van der Waals surface area (Å²) in [6.07, 6.45) is 9.25. The summed E-state index contributed by atoms with van der Waals surface area (Å²) in [5.74, 6) is -0.429. The smallest absolute Gasteiger partial charge is 0.493 e. The zero-order chi connectivity index (χ0) is 25.4. The molecule has 0 radical (unpaired) electrons. The largest absolute Gasteiger partial charge is 0.501 e. The first-order valence-corrected chi connectivity index (χ1v) is 12.6. The molecule has 12 heteroatoms. The predicted octanol–water partition coefficient (Wildman–Crippen LogP) is 3.53. The lowest BCUT2D eigenvalue weighted by molar-refractivity contribution is -0.0436. The summed E-state index contributed by atoms with van der Waals surface area (Å²) in [5.41, 5.74) is -6.30. The Morgan fingerprint density at radius 1 is 1.03 bits per heavy atom. The SMILES string of the molecule is CNC(c1ccncc1)(C1CCCCC1)n1cc(O)n(-c2ccc(S(=O)(=O)C(F)(F)F)cc2)c1=O. The second-order valence-corrected chi connectivity index (χ2v) is 10.4. The number of alkyl halides is 3. The van der Waals surface area contributed by atoms with E-state index in [0.717, 1.165) is 66.5 Å². The molecular weight excluding hydrogens is 485 g/mol. The highest BCUT2D eigenvalue weighted by molar-refractivity contribution is 7.92. The molecular formula is C23H25F3N4O4S. The molecule has 0 amide bonds. The van der Waals surface area contributed by atoms with Crippen LogP contribution in [0.5, 0.6) is 5.88 Å². The fourth-order valence-corrected chi connectivity index (χ4v) is 5.77. The van der Waals surface area contributed by atoms with Crippen LogP contribution < -0.4 is 11.0 Å². The predicted molar refractivity (Wildman–Crippen MR) is 122 cm³/mol. The maximum Gasteiger partial charge on any atom is 0.501 e. The number of rotatable bonds is 6. The van der Waals surface area contributed by atoms with E-state index >= 15 is 0 Å². The number of benzene rings is 1. The monoisotopic (exact) mass is 510 g/mol. The van der Waals surface area contributed by atoms with Crippen LogP contribution in [0.2, 0.25) is 0 Å². The van der Waals surface area contributed by atoms with Gasteiger partial charge >= 0.3 is 11.2 Å². The standard InChI is InChI=1S/C23H25F3N4O4S/c1-27-22(16-5-3-2-4-6-16,17-11-13-28-14-12-17)29-15-20(31)30(21(29)32)18-7-9-19(10-8-18)35(33,34)23(24,25)26/h7-16,27,31H,2-6H2,1H3. The van der Waals surface area contributed by atoms with Gasteiger partial charge in [0.2, 0.25) is 5.88 Å². The van der Waals surface area contributed by atoms with Crippen LogP contribution in [0.1, 0.15) is 37.7 Å². The van der Waals surface area contributed by atoms with Crippen molar-refractivity contribution in [2.75, 3.05) is 7.05 Å². The van der Waals surface area contributed by atoms with Gasteiger partial charge in [-0.15, -0.1) is 0 Å². The average molecular weight is 511 g/mol. The molecule has 188 valence electrons. The minimum absolute atomic E-state index is 0.0101. The number of halogens is 3. The van der Waals surface area contributed by atoms with Crippen LogP contribution in [0.15, 0.2) is 64.7 Å². The van der Waals surface area contributed by atoms with Gasteiger partial charge in [-0.05, 0) is 61.9 Å². The van der Waals surface area contributed by atoms with E-state index in [4.69, 9.17) is 0 Å². The first kappa shape index (κ1) is 25.0. The van der Waals surface area contributed by atoms with E-state index in [1.165, 1.54) is 10.8 Å². The van der Waals surface area contributed by atoms with Gasteiger partial charge in [0.1, 0.15) is 5.66 Å². The van der Waals surface area contributed by atoms with Gasteiger partial charge in [-0.3, -0.25) is 14.9 Å². The van der Waals surface area contributed by atoms with E-state index in [-0.39, 0.29) is 11.6 Å². The molecule has 1 atom stereocenters. The van der Waals surface area contributed by atoms with Crippen molar-refractivity contribution in [1.29, 1.82) is 0 Å². The van der Waals surface area contributed by atoms with Crippen molar-refractivity contribution >= 4 is 9.84 Å². The van der Waals surface area contributed by atoms with Crippen LogP contribution >= 0.6 is 0 Å². The van der Waals surface area contributed by atoms with Crippen molar-refractivity contribution in [1.82, 2.24) is 19.4 Å². The molecule has 0 aliphatic heterocycles. The summed E-state index contributed by atoms with van der Waals surface area (Å²) in [7, 11) is -3.81. The van der Waals surface area contributed by atoms with Crippen molar-refractivity contribution in [3.63, 3.8) is 0 Å². The van der Waals surface area contributed by atoms with E-state index in [9.17, 15) is 31.5 Å². The Hall–Kier alpha value is -3.12. The van der Waals surface area contributed by atoms with E-state index in [0.29, 0.717) is 0 Å². The molecule has 1 saturated carbocycles. The van der Waals surface area contributed by atoms with Gasteiger partial charge in [-0.1, -0.05) is 19.3 Å². The summed E-state index contributed by atoms with van der Waals surface area (Å²) < 4.78 is 64.3. The topological polar surface area (TPSA) is 106 Å². The molecule has 1 aliphatic rings. The molecule has 1 unspecified atom stereocenters. The molecule has 1 aliphatic carbocycles. The molecule has 0 bridgehead atoms. The second kappa shape index (κ2) is 9.15. The second-order valence-electron chi connectivity index (χ2n) is 8.51. The van der Waals surface area contributed by atoms with E-state index in [1.807, 2.05) is 0 Å². The Bertz CT molecular complexity index is 1350. The number of aromatic hydroxyl groups is 1. The van der Waals surface area contributed by atoms with Gasteiger partial charge in [0.15, 0.2) is 0 Å². The van der Waals surface area contributed by atoms with Crippen LogP contribution in [0, 0.1) is 5.92 Å². The van der Waals surface area contributed by atoms with E-state index < -0.39 is 37.5 Å². The maximum atomic E-state index is 13.7. The summed E-state index contributed by atoms with van der Waals surface area (Å²) in [5, 5.41) is 14.0. The normalized spacial score (nSPS) is 17.3. The van der Waals surface area contributed by atoms with Crippen molar-refractivity contribution in [2.24, 2.45) is 5.92 Å². The summed E-state index contributed by atoms with van der Waals surface area (Å²) in [6, 6.07) is 7.22. The number of imidazole rings is 1. The Morgan fingerprint density at radius 2 is 1.63 bits per heavy atom. The van der Waals surface area contributed by atoms with E-state index in [2.05, 4.69) is 10.3 Å². The first-order chi connectivity index (χ1) is 16.5. The van der Waals surface area contributed by atoms with Crippen molar-refractivity contribution < 1.29 is 26.7 Å². The fraction of sp³-hybridized carbons (Fsp3) is 0.391. The molecule has 0 saturated heterocycles. The van der Waals surface area contributed by atoms with E-state index in [1.54, 1.807) is 31.6 Å². The number of sulfone groups is 1. The molecule has 0 spiro atoms. The van der Waals surface area contributed by atoms with Gasteiger partial charge in [-0.2, -0.15) is 13.2 Å². The van der Waals surface area contributed by atoms with Crippen molar-refractivity contribution in [2.45, 2.75) is 48.2 Å². The highest BCUT2D eigenvalue weighted by Gasteiger charge is 2.47. The third-order valence-electron chi connectivity index (χ3n) is 6.66. The molecule has 1 aromatic carbocycles. The highest BCUT2D eigenvalue weighted by atomic mass is 32.2. The number of hydrogen-bond donors (Lipinski definition) is 2. The van der Waals surface area contributed by atoms with Gasteiger partial charge in [0, 0.05) is 18.3 Å². The fourth-order valence-electron chi connectivity index (χ4n) is 5.00. The van der Waals surface area contributed by atoms with Crippen LogP contribution in [0.4, 0.5) is 13.2 Å². The molecule has 2 heterocycles. The Morgan fingerprint density at radius 3 is 2.17 bits per heavy atom. The van der Waals surface area contributed by atoms with Gasteiger partial charge in [-0.25, -0.2) is 17.8 Å². The Balaban J connectivity index is 1.86. The lowest BCUT2D eigenvalue weighted by Gasteiger charge is -2.43. The molecule has 2 aromatic heterocycles. The highest BCUT2D eigenvalue weighted by Crippen LogP contribution is 2.40. The minimum Gasteiger partial charge on any atom is -0.493 e. The number of nitrogens with one attached hydrogen (secondary N) is 1. The van der Waals surface area contributed by atoms with Crippen LogP contribution in [0.3, 0.4) is 0 Å². The molecule has 4 rings (SSSR count). The van der Waals surface area contributed by atoms with Crippen LogP contribution in [-0.4, -0.2) is 40.2 Å². The lowest BCUT2D eigenvalue weighted by Crippen LogP contribution is -2.56. The van der Waals surface area contributed by atoms with Gasteiger partial charge in [0.05, 0.1) is 16.8 Å². The third-order valence-corrected chi connectivity index (χ3v) is 8.16. The first-order valence-electron chi connectivity index (χ1n) is 11.1. The van der Waals surface area contributed by atoms with Gasteiger partial charge in [0.25, 0.3) is 9.84 Å². The average Bonchev–Trinajstić information content (AvgIpc) is 3.15. The zero-order valence-electron chi connectivity index (χ0n) is 18.9. The quantitative estimate of drug-likeness (QED) is 0.526. The maximum absolute atomic E-state index is 13.7. The number of hydrogen-bond acceptors (Lipinski definition) is 6. The van der Waals surface area contributed by atoms with Crippen molar-refractivity contribution in [3.05, 3.63) is 71.0 Å². The lowest BCUT2D eigenvalue weighted by atomic mass is 9.76. The minimum atomic E-state index is -5.54. The van der Waals surface area contributed by atoms with Gasteiger partial charge < -0.3 is 5.11 Å². The van der Waals surface area contributed by atoms with Crippen molar-refractivity contribution in [3.8, 4) is 11.6 Å². The third kappa shape index (κ3) is 4.14. The van der Waals surface area contributed by atoms with Crippen LogP contribution in [-0.2, 0) is 15.5 Å². The Labute approximate surface area is 200 Å². The number of nitrogens with zero attached hydrogens (tertiary/aromatic N) is 3. The molecule has 35 heavy (non-hydrogen) atoms. The summed E-state index contributed by atoms with van der Waals surface area (Å²) in [4.78, 5) is 16.8. The molecule has 2 N–H and O–H groups in total. The summed E-state index contributed by atoms with van der Waals surface area (Å²) >= 11 is 0. The van der Waals surface area contributed by atoms with Crippen LogP contribution in [0.25, 0.3) is 5.69 Å². The Kier molecular flexibility index (Phi) is 6.54. The molecule has 8 nitrogen and oxygen atoms in total. The molecule has 3 aromatic rings. The number of aromatic nitrogens is 3. The molecule has 1 fully saturated rings. The number of pyridine rings is 1. The summed E-state index contributed by atoms with van der Waals surface area (Å²) in [6.45, 7) is 0. The zero-order valence-corrected chi connectivity index (χ0v) is 19.7.